The van der Waals surface area contributed by atoms with Crippen molar-refractivity contribution in [2.45, 2.75) is 12.5 Å². The van der Waals surface area contributed by atoms with Crippen molar-refractivity contribution in [1.29, 1.82) is 0 Å². The molecule has 0 aliphatic carbocycles. The summed E-state index contributed by atoms with van der Waals surface area (Å²) in [5.74, 6) is 1.16. The minimum absolute atomic E-state index is 0.0126. The molecule has 1 N–H and O–H groups in total. The zero-order valence-electron chi connectivity index (χ0n) is 10.9. The molecule has 0 amide bonds. The van der Waals surface area contributed by atoms with Gasteiger partial charge >= 0.3 is 0 Å². The second kappa shape index (κ2) is 5.32. The molecule has 7 heteroatoms. The molecule has 106 valence electrons. The maximum Gasteiger partial charge on any atom is 0.248 e. The predicted molar refractivity (Wildman–Crippen MR) is 83.1 cm³/mol. The Bertz CT molecular complexity index is 785. The van der Waals surface area contributed by atoms with Crippen LogP contribution >= 0.6 is 27.3 Å². The summed E-state index contributed by atoms with van der Waals surface area (Å²) in [4.78, 5) is 10.0. The summed E-state index contributed by atoms with van der Waals surface area (Å²) in [6, 6.07) is 4.04. The quantitative estimate of drug-likeness (QED) is 0.758. The molecule has 3 aromatic heterocycles. The lowest BCUT2D eigenvalue weighted by Crippen LogP contribution is -2.29. The van der Waals surface area contributed by atoms with Crippen LogP contribution in [0.4, 0.5) is 0 Å². The summed E-state index contributed by atoms with van der Waals surface area (Å²) in [5, 5.41) is 9.63. The molecule has 0 saturated heterocycles. The molecule has 0 fully saturated rings. The van der Waals surface area contributed by atoms with Crippen molar-refractivity contribution in [3.63, 3.8) is 0 Å². The van der Waals surface area contributed by atoms with E-state index in [2.05, 4.69) is 47.8 Å². The fourth-order valence-corrected chi connectivity index (χ4v) is 3.76. The predicted octanol–water partition coefficient (Wildman–Crippen LogP) is 3.19. The Morgan fingerprint density at radius 2 is 2.33 bits per heavy atom. The number of thiophene rings is 1. The van der Waals surface area contributed by atoms with E-state index in [9.17, 15) is 0 Å². The van der Waals surface area contributed by atoms with Crippen LogP contribution < -0.4 is 5.32 Å². The number of fused-ring (bicyclic) bond motifs is 1. The third-order valence-electron chi connectivity index (χ3n) is 3.44. The lowest BCUT2D eigenvalue weighted by atomic mass is 10.0. The zero-order valence-corrected chi connectivity index (χ0v) is 13.3. The molecule has 4 rings (SSSR count). The molecule has 4 heterocycles. The lowest BCUT2D eigenvalue weighted by Gasteiger charge is -2.20. The molecule has 0 aromatic carbocycles. The van der Waals surface area contributed by atoms with Crippen molar-refractivity contribution in [2.24, 2.45) is 0 Å². The van der Waals surface area contributed by atoms with Gasteiger partial charge in [-0.1, -0.05) is 5.16 Å². The first-order valence-electron chi connectivity index (χ1n) is 6.55. The highest BCUT2D eigenvalue weighted by atomic mass is 79.9. The standard InChI is InChI=1S/C14H11BrN4OS/c15-9-5-8(6-16-7-9)13-18-14(20-19-13)12-10-2-4-21-11(10)1-3-17-12/h2,4-7,12,17H,1,3H2. The topological polar surface area (TPSA) is 63.8 Å². The van der Waals surface area contributed by atoms with E-state index >= 15 is 0 Å². The molecule has 0 radical (unpaired) electrons. The largest absolute Gasteiger partial charge is 0.337 e. The smallest absolute Gasteiger partial charge is 0.248 e. The Labute approximate surface area is 133 Å². The summed E-state index contributed by atoms with van der Waals surface area (Å²) in [5.41, 5.74) is 2.08. The van der Waals surface area contributed by atoms with Gasteiger partial charge in [-0.25, -0.2) is 0 Å². The number of aromatic nitrogens is 3. The van der Waals surface area contributed by atoms with Gasteiger partial charge in [0, 0.05) is 33.9 Å². The van der Waals surface area contributed by atoms with E-state index in [1.54, 1.807) is 23.7 Å². The number of halogens is 1. The number of hydrogen-bond acceptors (Lipinski definition) is 6. The molecular weight excluding hydrogens is 352 g/mol. The molecule has 0 saturated carbocycles. The van der Waals surface area contributed by atoms with Gasteiger partial charge in [-0.05, 0) is 45.4 Å². The molecule has 1 aliphatic rings. The highest BCUT2D eigenvalue weighted by molar-refractivity contribution is 9.10. The molecule has 1 atom stereocenters. The highest BCUT2D eigenvalue weighted by Gasteiger charge is 2.27. The van der Waals surface area contributed by atoms with Crippen LogP contribution in [0.3, 0.4) is 0 Å². The molecular formula is C14H11BrN4OS. The minimum atomic E-state index is -0.0126. The fourth-order valence-electron chi connectivity index (χ4n) is 2.48. The average Bonchev–Trinajstić information content (AvgIpc) is 3.16. The lowest BCUT2D eigenvalue weighted by molar-refractivity contribution is 0.344. The van der Waals surface area contributed by atoms with Gasteiger partial charge < -0.3 is 9.84 Å². The van der Waals surface area contributed by atoms with Gasteiger partial charge in [0.1, 0.15) is 6.04 Å². The summed E-state index contributed by atoms with van der Waals surface area (Å²) in [6.07, 6.45) is 4.51. The Kier molecular flexibility index (Phi) is 3.33. The van der Waals surface area contributed by atoms with Crippen LogP contribution in [0.25, 0.3) is 11.4 Å². The molecule has 1 unspecified atom stereocenters. The van der Waals surface area contributed by atoms with Gasteiger partial charge in [-0.15, -0.1) is 11.3 Å². The van der Waals surface area contributed by atoms with Gasteiger partial charge in [-0.2, -0.15) is 4.98 Å². The monoisotopic (exact) mass is 362 g/mol. The van der Waals surface area contributed by atoms with Gasteiger partial charge in [0.2, 0.25) is 11.7 Å². The van der Waals surface area contributed by atoms with Gasteiger partial charge in [0.15, 0.2) is 0 Å². The molecule has 5 nitrogen and oxygen atoms in total. The molecule has 1 aliphatic heterocycles. The average molecular weight is 363 g/mol. The molecule has 21 heavy (non-hydrogen) atoms. The minimum Gasteiger partial charge on any atom is -0.337 e. The first kappa shape index (κ1) is 13.1. The maximum atomic E-state index is 5.46. The van der Waals surface area contributed by atoms with Gasteiger partial charge in [0.25, 0.3) is 0 Å². The third kappa shape index (κ3) is 2.41. The highest BCUT2D eigenvalue weighted by Crippen LogP contribution is 2.32. The second-order valence-electron chi connectivity index (χ2n) is 4.78. The zero-order chi connectivity index (χ0) is 14.2. The van der Waals surface area contributed by atoms with Crippen LogP contribution in [0.2, 0.25) is 0 Å². The van der Waals surface area contributed by atoms with Crippen molar-refractivity contribution in [1.82, 2.24) is 20.4 Å². The Hall–Kier alpha value is -1.57. The Morgan fingerprint density at radius 1 is 1.38 bits per heavy atom. The second-order valence-corrected chi connectivity index (χ2v) is 6.70. The van der Waals surface area contributed by atoms with Crippen molar-refractivity contribution in [3.8, 4) is 11.4 Å². The normalized spacial score (nSPS) is 17.7. The van der Waals surface area contributed by atoms with E-state index in [1.165, 1.54) is 10.4 Å². The van der Waals surface area contributed by atoms with Crippen molar-refractivity contribution >= 4 is 27.3 Å². The first-order chi connectivity index (χ1) is 10.3. The number of nitrogens with zero attached hydrogens (tertiary/aromatic N) is 3. The van der Waals surface area contributed by atoms with E-state index in [0.717, 1.165) is 23.0 Å². The van der Waals surface area contributed by atoms with Crippen LogP contribution in [-0.2, 0) is 6.42 Å². The van der Waals surface area contributed by atoms with Crippen LogP contribution in [0, 0.1) is 0 Å². The van der Waals surface area contributed by atoms with Crippen LogP contribution in [0.1, 0.15) is 22.4 Å². The van der Waals surface area contributed by atoms with Crippen LogP contribution in [0.5, 0.6) is 0 Å². The molecule has 0 spiro atoms. The van der Waals surface area contributed by atoms with Crippen LogP contribution in [-0.4, -0.2) is 21.7 Å². The van der Waals surface area contributed by atoms with E-state index in [1.807, 2.05) is 6.07 Å². The summed E-state index contributed by atoms with van der Waals surface area (Å²) in [7, 11) is 0. The van der Waals surface area contributed by atoms with Gasteiger partial charge in [0.05, 0.1) is 0 Å². The third-order valence-corrected chi connectivity index (χ3v) is 4.87. The van der Waals surface area contributed by atoms with E-state index < -0.39 is 0 Å². The van der Waals surface area contributed by atoms with E-state index in [-0.39, 0.29) is 6.04 Å². The summed E-state index contributed by atoms with van der Waals surface area (Å²) in [6.45, 7) is 0.925. The van der Waals surface area contributed by atoms with Crippen molar-refractivity contribution < 1.29 is 4.52 Å². The fraction of sp³-hybridized carbons (Fsp3) is 0.214. The van der Waals surface area contributed by atoms with Crippen molar-refractivity contribution in [3.05, 3.63) is 50.7 Å². The number of nitrogens with one attached hydrogen (secondary N) is 1. The summed E-state index contributed by atoms with van der Waals surface area (Å²) >= 11 is 5.18. The number of hydrogen-bond donors (Lipinski definition) is 1. The first-order valence-corrected chi connectivity index (χ1v) is 8.23. The van der Waals surface area contributed by atoms with E-state index in [0.29, 0.717) is 11.7 Å². The van der Waals surface area contributed by atoms with E-state index in [4.69, 9.17) is 4.52 Å². The van der Waals surface area contributed by atoms with Crippen molar-refractivity contribution in [2.75, 3.05) is 6.54 Å². The number of pyridine rings is 1. The van der Waals surface area contributed by atoms with Crippen LogP contribution in [0.15, 0.2) is 38.9 Å². The Balaban J connectivity index is 1.70. The summed E-state index contributed by atoms with van der Waals surface area (Å²) < 4.78 is 6.35. The Morgan fingerprint density at radius 3 is 3.24 bits per heavy atom. The SMILES string of the molecule is Brc1cncc(-c2noc(C3NCCc4sccc43)n2)c1. The number of rotatable bonds is 2. The molecule has 3 aromatic rings. The maximum absolute atomic E-state index is 5.46. The molecule has 0 bridgehead atoms. The van der Waals surface area contributed by atoms with Gasteiger partial charge in [-0.3, -0.25) is 4.98 Å².